The highest BCUT2D eigenvalue weighted by Gasteiger charge is 2.22. The van der Waals surface area contributed by atoms with Gasteiger partial charge in [0.25, 0.3) is 0 Å². The van der Waals surface area contributed by atoms with Crippen LogP contribution in [0.15, 0.2) is 53.0 Å². The number of amides is 1. The van der Waals surface area contributed by atoms with Crippen LogP contribution in [0.1, 0.15) is 27.7 Å². The van der Waals surface area contributed by atoms with Gasteiger partial charge in [-0.25, -0.2) is 0 Å². The zero-order valence-corrected chi connectivity index (χ0v) is 17.6. The van der Waals surface area contributed by atoms with E-state index in [0.717, 1.165) is 21.5 Å². The Balaban J connectivity index is 1.89. The van der Waals surface area contributed by atoms with E-state index in [-0.39, 0.29) is 18.0 Å². The van der Waals surface area contributed by atoms with Crippen LogP contribution in [0.4, 0.5) is 0 Å². The molecular formula is C20H24N4OS2. The molecule has 0 spiro atoms. The molecule has 2 aromatic heterocycles. The number of carbonyl (C=O) groups is 1. The summed E-state index contributed by atoms with van der Waals surface area (Å²) < 4.78 is 2.03. The van der Waals surface area contributed by atoms with Crippen molar-refractivity contribution in [1.82, 2.24) is 19.7 Å². The topological polar surface area (TPSA) is 51.0 Å². The van der Waals surface area contributed by atoms with E-state index in [9.17, 15) is 4.79 Å². The smallest absolute Gasteiger partial charge is 0.233 e. The molecule has 1 aromatic carbocycles. The van der Waals surface area contributed by atoms with Crippen molar-refractivity contribution in [3.05, 3.63) is 47.8 Å². The van der Waals surface area contributed by atoms with Gasteiger partial charge in [0.2, 0.25) is 5.91 Å². The van der Waals surface area contributed by atoms with Crippen molar-refractivity contribution >= 4 is 29.0 Å². The molecule has 0 bridgehead atoms. The molecule has 7 heteroatoms. The Morgan fingerprint density at radius 3 is 2.37 bits per heavy atom. The second-order valence-electron chi connectivity index (χ2n) is 6.73. The molecule has 5 nitrogen and oxygen atoms in total. The highest BCUT2D eigenvalue weighted by atomic mass is 32.2. The average Bonchev–Trinajstić information content (AvgIpc) is 3.29. The second kappa shape index (κ2) is 8.71. The van der Waals surface area contributed by atoms with Crippen molar-refractivity contribution in [3.63, 3.8) is 0 Å². The van der Waals surface area contributed by atoms with E-state index in [4.69, 9.17) is 0 Å². The van der Waals surface area contributed by atoms with Gasteiger partial charge in [0.15, 0.2) is 11.0 Å². The number of nitrogens with zero attached hydrogens (tertiary/aromatic N) is 4. The molecule has 2 heterocycles. The van der Waals surface area contributed by atoms with E-state index in [1.54, 1.807) is 11.3 Å². The van der Waals surface area contributed by atoms with Crippen LogP contribution in [-0.2, 0) is 4.79 Å². The fraction of sp³-hybridized carbons (Fsp3) is 0.350. The molecule has 0 N–H and O–H groups in total. The van der Waals surface area contributed by atoms with Gasteiger partial charge in [-0.05, 0) is 51.3 Å². The van der Waals surface area contributed by atoms with Crippen LogP contribution in [0, 0.1) is 0 Å². The summed E-state index contributed by atoms with van der Waals surface area (Å²) in [6.07, 6.45) is 0. The predicted molar refractivity (Wildman–Crippen MR) is 113 cm³/mol. The van der Waals surface area contributed by atoms with Gasteiger partial charge in [-0.2, -0.15) is 0 Å². The van der Waals surface area contributed by atoms with Gasteiger partial charge in [-0.1, -0.05) is 36.0 Å². The van der Waals surface area contributed by atoms with E-state index in [2.05, 4.69) is 10.2 Å². The summed E-state index contributed by atoms with van der Waals surface area (Å²) in [5.41, 5.74) is 0.991. The normalized spacial score (nSPS) is 11.3. The lowest BCUT2D eigenvalue weighted by Gasteiger charge is -2.30. The van der Waals surface area contributed by atoms with Gasteiger partial charge in [-0.3, -0.25) is 9.36 Å². The lowest BCUT2D eigenvalue weighted by atomic mass is 10.2. The number of rotatable bonds is 7. The van der Waals surface area contributed by atoms with Crippen LogP contribution >= 0.6 is 23.1 Å². The standard InChI is InChI=1S/C20H24N4OS2/c1-14(2)23(15(3)4)18(25)13-27-20-22-21-19(17-11-8-12-26-17)24(20)16-9-6-5-7-10-16/h5-12,14-15H,13H2,1-4H3. The Hall–Kier alpha value is -2.12. The van der Waals surface area contributed by atoms with Crippen molar-refractivity contribution in [1.29, 1.82) is 0 Å². The number of aromatic nitrogens is 3. The lowest BCUT2D eigenvalue weighted by molar-refractivity contribution is -0.131. The molecular weight excluding hydrogens is 376 g/mol. The van der Waals surface area contributed by atoms with Gasteiger partial charge in [0.05, 0.1) is 10.6 Å². The first-order valence-corrected chi connectivity index (χ1v) is 10.8. The summed E-state index contributed by atoms with van der Waals surface area (Å²) in [6, 6.07) is 14.4. The van der Waals surface area contributed by atoms with E-state index in [1.165, 1.54) is 11.8 Å². The molecule has 0 atom stereocenters. The van der Waals surface area contributed by atoms with Crippen LogP contribution < -0.4 is 0 Å². The van der Waals surface area contributed by atoms with Crippen molar-refractivity contribution in [3.8, 4) is 16.4 Å². The summed E-state index contributed by atoms with van der Waals surface area (Å²) >= 11 is 3.06. The third-order valence-electron chi connectivity index (χ3n) is 4.11. The van der Waals surface area contributed by atoms with Gasteiger partial charge >= 0.3 is 0 Å². The molecule has 3 rings (SSSR count). The first-order valence-electron chi connectivity index (χ1n) is 8.97. The number of hydrogen-bond donors (Lipinski definition) is 0. The molecule has 0 aliphatic heterocycles. The summed E-state index contributed by atoms with van der Waals surface area (Å²) in [5, 5.41) is 11.5. The number of benzene rings is 1. The van der Waals surface area contributed by atoms with Crippen LogP contribution in [0.25, 0.3) is 16.4 Å². The highest BCUT2D eigenvalue weighted by molar-refractivity contribution is 7.99. The first kappa shape index (κ1) is 19.6. The zero-order valence-electron chi connectivity index (χ0n) is 16.0. The van der Waals surface area contributed by atoms with Gasteiger partial charge in [0.1, 0.15) is 0 Å². The molecule has 142 valence electrons. The molecule has 0 unspecified atom stereocenters. The molecule has 0 radical (unpaired) electrons. The van der Waals surface area contributed by atoms with Gasteiger partial charge in [-0.15, -0.1) is 21.5 Å². The van der Waals surface area contributed by atoms with Crippen molar-refractivity contribution in [2.75, 3.05) is 5.75 Å². The first-order chi connectivity index (χ1) is 13.0. The van der Waals surface area contributed by atoms with Crippen molar-refractivity contribution in [2.24, 2.45) is 0 Å². The lowest BCUT2D eigenvalue weighted by Crippen LogP contribution is -2.43. The Labute approximate surface area is 168 Å². The van der Waals surface area contributed by atoms with Crippen LogP contribution in [-0.4, -0.2) is 43.4 Å². The minimum atomic E-state index is 0.116. The summed E-state index contributed by atoms with van der Waals surface area (Å²) in [5.74, 6) is 1.26. The Morgan fingerprint density at radius 2 is 1.78 bits per heavy atom. The monoisotopic (exact) mass is 400 g/mol. The summed E-state index contributed by atoms with van der Waals surface area (Å²) in [7, 11) is 0. The average molecular weight is 401 g/mol. The van der Waals surface area contributed by atoms with Gasteiger partial charge in [0, 0.05) is 17.8 Å². The number of thiophene rings is 1. The Morgan fingerprint density at radius 1 is 1.07 bits per heavy atom. The summed E-state index contributed by atoms with van der Waals surface area (Å²) in [4.78, 5) is 15.7. The number of carbonyl (C=O) groups excluding carboxylic acids is 1. The van der Waals surface area contributed by atoms with E-state index >= 15 is 0 Å². The van der Waals surface area contributed by atoms with Crippen LogP contribution in [0.2, 0.25) is 0 Å². The molecule has 3 aromatic rings. The quantitative estimate of drug-likeness (QED) is 0.538. The van der Waals surface area contributed by atoms with E-state index < -0.39 is 0 Å². The highest BCUT2D eigenvalue weighted by Crippen LogP contribution is 2.30. The Bertz CT molecular complexity index is 865. The maximum absolute atomic E-state index is 12.7. The molecule has 0 saturated heterocycles. The van der Waals surface area contributed by atoms with Crippen molar-refractivity contribution in [2.45, 2.75) is 44.9 Å². The molecule has 0 aliphatic rings. The third kappa shape index (κ3) is 4.42. The molecule has 27 heavy (non-hydrogen) atoms. The minimum Gasteiger partial charge on any atom is -0.337 e. The molecule has 0 saturated carbocycles. The Kier molecular flexibility index (Phi) is 6.34. The maximum atomic E-state index is 12.7. The predicted octanol–water partition coefficient (Wildman–Crippen LogP) is 4.73. The van der Waals surface area contributed by atoms with E-state index in [0.29, 0.717) is 5.75 Å². The molecule has 0 aliphatic carbocycles. The number of thioether (sulfide) groups is 1. The number of para-hydroxylation sites is 1. The van der Waals surface area contributed by atoms with Crippen LogP contribution in [0.5, 0.6) is 0 Å². The number of hydrogen-bond acceptors (Lipinski definition) is 5. The minimum absolute atomic E-state index is 0.116. The fourth-order valence-electron chi connectivity index (χ4n) is 3.11. The van der Waals surface area contributed by atoms with Gasteiger partial charge < -0.3 is 4.90 Å². The fourth-order valence-corrected chi connectivity index (χ4v) is 4.63. The SMILES string of the molecule is CC(C)N(C(=O)CSc1nnc(-c2cccs2)n1-c1ccccc1)C(C)C. The molecule has 1 amide bonds. The third-order valence-corrected chi connectivity index (χ3v) is 5.89. The largest absolute Gasteiger partial charge is 0.337 e. The second-order valence-corrected chi connectivity index (χ2v) is 8.62. The zero-order chi connectivity index (χ0) is 19.4. The summed E-state index contributed by atoms with van der Waals surface area (Å²) in [6.45, 7) is 8.18. The maximum Gasteiger partial charge on any atom is 0.233 e. The van der Waals surface area contributed by atoms with E-state index in [1.807, 2.05) is 85.0 Å². The van der Waals surface area contributed by atoms with Crippen LogP contribution in [0.3, 0.4) is 0 Å². The van der Waals surface area contributed by atoms with Crippen molar-refractivity contribution < 1.29 is 4.79 Å². The molecule has 0 fully saturated rings.